The van der Waals surface area contributed by atoms with Crippen LogP contribution in [0.4, 0.5) is 5.82 Å². The predicted octanol–water partition coefficient (Wildman–Crippen LogP) is 4.71. The van der Waals surface area contributed by atoms with E-state index in [-0.39, 0.29) is 28.7 Å². The van der Waals surface area contributed by atoms with E-state index in [1.165, 1.54) is 32.3 Å². The largest absolute Gasteiger partial charge is 0.493 e. The lowest BCUT2D eigenvalue weighted by molar-refractivity contribution is 0.0958. The van der Waals surface area contributed by atoms with E-state index in [4.69, 9.17) is 30.2 Å². The molecule has 2 aromatic carbocycles. The molecular weight excluding hydrogens is 460 g/mol. The Morgan fingerprint density at radius 1 is 1.00 bits per heavy atom. The minimum Gasteiger partial charge on any atom is -0.493 e. The zero-order valence-electron chi connectivity index (χ0n) is 18.7. The van der Waals surface area contributed by atoms with Crippen molar-refractivity contribution in [1.82, 2.24) is 4.98 Å². The van der Waals surface area contributed by atoms with E-state index in [1.807, 2.05) is 0 Å². The second kappa shape index (κ2) is 9.84. The predicted molar refractivity (Wildman–Crippen MR) is 128 cm³/mol. The van der Waals surface area contributed by atoms with Gasteiger partial charge in [0.15, 0.2) is 22.7 Å². The number of methoxy groups -OCH3 is 3. The summed E-state index contributed by atoms with van der Waals surface area (Å²) in [5.41, 5.74) is 0.568. The Kier molecular flexibility index (Phi) is 6.70. The molecule has 0 aliphatic rings. The number of nitrogens with zero attached hydrogens (tertiary/aromatic N) is 2. The molecule has 1 amide bonds. The molecule has 34 heavy (non-hydrogen) atoms. The van der Waals surface area contributed by atoms with Gasteiger partial charge in [-0.3, -0.25) is 14.5 Å². The molecule has 0 atom stereocenters. The van der Waals surface area contributed by atoms with Crippen LogP contribution in [0.3, 0.4) is 0 Å². The molecule has 0 saturated heterocycles. The monoisotopic (exact) mass is 480 g/mol. The number of halogens is 1. The van der Waals surface area contributed by atoms with E-state index in [0.29, 0.717) is 33.7 Å². The molecule has 0 aliphatic heterocycles. The average molecular weight is 481 g/mol. The molecule has 2 aromatic heterocycles. The van der Waals surface area contributed by atoms with Gasteiger partial charge in [-0.05, 0) is 48.0 Å². The Morgan fingerprint density at radius 3 is 2.35 bits per heavy atom. The number of carbonyl (C=O) groups excluding carboxylic acids is 1. The van der Waals surface area contributed by atoms with Crippen molar-refractivity contribution < 1.29 is 23.4 Å². The van der Waals surface area contributed by atoms with Crippen LogP contribution >= 0.6 is 11.6 Å². The number of hydrogen-bond acceptors (Lipinski definition) is 7. The third kappa shape index (κ3) is 4.53. The summed E-state index contributed by atoms with van der Waals surface area (Å²) in [5, 5.41) is 0.689. The van der Waals surface area contributed by atoms with Gasteiger partial charge in [0.2, 0.25) is 5.75 Å². The highest BCUT2D eigenvalue weighted by Crippen LogP contribution is 2.38. The van der Waals surface area contributed by atoms with Crippen LogP contribution in [0.15, 0.2) is 70.0 Å². The summed E-state index contributed by atoms with van der Waals surface area (Å²) < 4.78 is 22.0. The number of ether oxygens (including phenoxy) is 3. The van der Waals surface area contributed by atoms with E-state index < -0.39 is 5.91 Å². The van der Waals surface area contributed by atoms with Gasteiger partial charge >= 0.3 is 0 Å². The summed E-state index contributed by atoms with van der Waals surface area (Å²) in [6, 6.07) is 14.5. The number of fused-ring (bicyclic) bond motifs is 1. The molecule has 174 valence electrons. The Hall–Kier alpha value is -4.04. The highest BCUT2D eigenvalue weighted by molar-refractivity contribution is 6.31. The van der Waals surface area contributed by atoms with Crippen molar-refractivity contribution in [2.75, 3.05) is 26.2 Å². The Morgan fingerprint density at radius 2 is 1.74 bits per heavy atom. The van der Waals surface area contributed by atoms with Crippen LogP contribution in [0.1, 0.15) is 16.1 Å². The molecule has 0 aliphatic carbocycles. The number of aromatic nitrogens is 1. The molecule has 8 nitrogen and oxygen atoms in total. The lowest BCUT2D eigenvalue weighted by Crippen LogP contribution is -2.31. The smallest absolute Gasteiger partial charge is 0.295 e. The molecule has 9 heteroatoms. The number of benzene rings is 2. The van der Waals surface area contributed by atoms with Gasteiger partial charge in [0.05, 0.1) is 33.3 Å². The summed E-state index contributed by atoms with van der Waals surface area (Å²) in [4.78, 5) is 32.0. The van der Waals surface area contributed by atoms with Crippen LogP contribution in [0.25, 0.3) is 11.0 Å². The van der Waals surface area contributed by atoms with Crippen molar-refractivity contribution in [3.63, 3.8) is 0 Å². The maximum Gasteiger partial charge on any atom is 0.295 e. The lowest BCUT2D eigenvalue weighted by atomic mass is 10.1. The van der Waals surface area contributed by atoms with Crippen molar-refractivity contribution in [3.05, 3.63) is 87.4 Å². The number of pyridine rings is 1. The number of carbonyl (C=O) groups is 1. The molecule has 2 heterocycles. The molecule has 0 fully saturated rings. The molecule has 0 spiro atoms. The third-order valence-electron chi connectivity index (χ3n) is 5.14. The van der Waals surface area contributed by atoms with Crippen LogP contribution in [-0.2, 0) is 6.54 Å². The van der Waals surface area contributed by atoms with Crippen LogP contribution in [-0.4, -0.2) is 32.2 Å². The zero-order valence-corrected chi connectivity index (χ0v) is 19.5. The second-order valence-electron chi connectivity index (χ2n) is 7.23. The van der Waals surface area contributed by atoms with Crippen molar-refractivity contribution in [2.24, 2.45) is 0 Å². The van der Waals surface area contributed by atoms with E-state index in [9.17, 15) is 9.59 Å². The van der Waals surface area contributed by atoms with Gasteiger partial charge in [-0.2, -0.15) is 0 Å². The van der Waals surface area contributed by atoms with E-state index in [0.717, 1.165) is 6.07 Å². The SMILES string of the molecule is COc1cc(CN(C(=O)c2cc(=O)c3cc(Cl)ccc3o2)c2ccccn2)cc(OC)c1OC. The Balaban J connectivity index is 1.79. The van der Waals surface area contributed by atoms with Crippen LogP contribution in [0.2, 0.25) is 5.02 Å². The van der Waals surface area contributed by atoms with Crippen LogP contribution in [0, 0.1) is 0 Å². The Labute approximate surface area is 200 Å². The summed E-state index contributed by atoms with van der Waals surface area (Å²) in [7, 11) is 4.54. The molecular formula is C25H21ClN2O6. The van der Waals surface area contributed by atoms with Crippen LogP contribution in [0.5, 0.6) is 17.2 Å². The van der Waals surface area contributed by atoms with Gasteiger partial charge in [-0.1, -0.05) is 17.7 Å². The summed E-state index contributed by atoms with van der Waals surface area (Å²) >= 11 is 5.99. The van der Waals surface area contributed by atoms with E-state index in [2.05, 4.69) is 4.98 Å². The number of rotatable bonds is 7. The summed E-state index contributed by atoms with van der Waals surface area (Å²) in [6.45, 7) is 0.0922. The maximum atomic E-state index is 13.6. The van der Waals surface area contributed by atoms with Crippen molar-refractivity contribution in [3.8, 4) is 17.2 Å². The quantitative estimate of drug-likeness (QED) is 0.378. The highest BCUT2D eigenvalue weighted by atomic mass is 35.5. The highest BCUT2D eigenvalue weighted by Gasteiger charge is 2.24. The molecule has 4 aromatic rings. The summed E-state index contributed by atoms with van der Waals surface area (Å²) in [6.07, 6.45) is 1.57. The van der Waals surface area contributed by atoms with E-state index >= 15 is 0 Å². The van der Waals surface area contributed by atoms with E-state index in [1.54, 1.807) is 48.7 Å². The minimum atomic E-state index is -0.540. The standard InChI is InChI=1S/C25H21ClN2O6/c1-31-20-10-15(11-21(32-2)24(20)33-3)14-28(23-6-4-5-9-27-23)25(30)22-13-18(29)17-12-16(26)7-8-19(17)34-22/h4-13H,14H2,1-3H3. The van der Waals surface area contributed by atoms with Gasteiger partial charge in [0.25, 0.3) is 5.91 Å². The summed E-state index contributed by atoms with van der Waals surface area (Å²) in [5.74, 6) is 1.03. The van der Waals surface area contributed by atoms with Crippen LogP contribution < -0.4 is 24.5 Å². The van der Waals surface area contributed by atoms with Gasteiger partial charge in [-0.25, -0.2) is 4.98 Å². The topological polar surface area (TPSA) is 91.1 Å². The fourth-order valence-electron chi connectivity index (χ4n) is 3.55. The molecule has 0 saturated carbocycles. The molecule has 4 rings (SSSR count). The number of anilines is 1. The third-order valence-corrected chi connectivity index (χ3v) is 5.37. The van der Waals surface area contributed by atoms with Crippen molar-refractivity contribution in [2.45, 2.75) is 6.54 Å². The normalized spacial score (nSPS) is 10.7. The first-order valence-electron chi connectivity index (χ1n) is 10.2. The average Bonchev–Trinajstić information content (AvgIpc) is 2.87. The zero-order chi connectivity index (χ0) is 24.2. The van der Waals surface area contributed by atoms with Gasteiger partial charge in [0, 0.05) is 17.3 Å². The molecule has 0 bridgehead atoms. The first-order valence-corrected chi connectivity index (χ1v) is 10.6. The Bertz CT molecular complexity index is 1380. The first-order chi connectivity index (χ1) is 16.4. The molecule has 0 N–H and O–H groups in total. The number of hydrogen-bond donors (Lipinski definition) is 0. The lowest BCUT2D eigenvalue weighted by Gasteiger charge is -2.22. The molecule has 0 radical (unpaired) electrons. The first kappa shape index (κ1) is 23.1. The van der Waals surface area contributed by atoms with Crippen molar-refractivity contribution >= 4 is 34.3 Å². The van der Waals surface area contributed by atoms with Gasteiger partial charge in [0.1, 0.15) is 11.4 Å². The van der Waals surface area contributed by atoms with Crippen molar-refractivity contribution in [1.29, 1.82) is 0 Å². The fraction of sp³-hybridized carbons (Fsp3) is 0.160. The minimum absolute atomic E-state index is 0.0922. The maximum absolute atomic E-state index is 13.6. The van der Waals surface area contributed by atoms with Gasteiger partial charge in [-0.15, -0.1) is 0 Å². The fourth-order valence-corrected chi connectivity index (χ4v) is 3.72. The second-order valence-corrected chi connectivity index (χ2v) is 7.66. The molecule has 0 unspecified atom stereocenters. The van der Waals surface area contributed by atoms with Gasteiger partial charge < -0.3 is 18.6 Å². The number of amides is 1.